The fraction of sp³-hybridized carbons (Fsp3) is 0.917. The number of likely N-dealkylation sites (tertiary alicyclic amines) is 1. The molecule has 0 amide bonds. The third kappa shape index (κ3) is 4.94. The van der Waals surface area contributed by atoms with Gasteiger partial charge in [-0.1, -0.05) is 19.3 Å². The molecule has 1 heterocycles. The lowest BCUT2D eigenvalue weighted by atomic mass is 10.1. The number of aliphatic carboxylic acids is 1. The highest BCUT2D eigenvalue weighted by Gasteiger charge is 2.16. The molecule has 0 aliphatic carbocycles. The first-order valence-corrected chi connectivity index (χ1v) is 6.36. The van der Waals surface area contributed by atoms with Gasteiger partial charge < -0.3 is 15.3 Å². The summed E-state index contributed by atoms with van der Waals surface area (Å²) in [5.74, 6) is -0.741. The van der Waals surface area contributed by atoms with E-state index in [0.29, 0.717) is 6.42 Å². The fourth-order valence-corrected chi connectivity index (χ4v) is 2.24. The Bertz CT molecular complexity index is 201. The van der Waals surface area contributed by atoms with Crippen molar-refractivity contribution in [3.63, 3.8) is 0 Å². The van der Waals surface area contributed by atoms with Crippen molar-refractivity contribution in [3.05, 3.63) is 0 Å². The zero-order valence-electron chi connectivity index (χ0n) is 10.2. The van der Waals surface area contributed by atoms with Crippen LogP contribution in [-0.4, -0.2) is 48.7 Å². The largest absolute Gasteiger partial charge is 0.480 e. The molecule has 0 aromatic carbocycles. The van der Waals surface area contributed by atoms with Gasteiger partial charge in [0.15, 0.2) is 0 Å². The summed E-state index contributed by atoms with van der Waals surface area (Å²) < 4.78 is 0. The van der Waals surface area contributed by atoms with Crippen molar-refractivity contribution in [2.24, 2.45) is 0 Å². The van der Waals surface area contributed by atoms with Crippen molar-refractivity contribution in [1.29, 1.82) is 0 Å². The number of hydrogen-bond donors (Lipinski definition) is 2. The molecule has 1 aliphatic rings. The second kappa shape index (κ2) is 7.63. The summed E-state index contributed by atoms with van der Waals surface area (Å²) in [6, 6.07) is -0.398. The van der Waals surface area contributed by atoms with E-state index in [1.807, 2.05) is 0 Å². The molecule has 16 heavy (non-hydrogen) atoms. The Labute approximate surface area is 98.0 Å². The zero-order valence-corrected chi connectivity index (χ0v) is 10.2. The van der Waals surface area contributed by atoms with E-state index in [9.17, 15) is 4.79 Å². The highest BCUT2D eigenvalue weighted by Crippen LogP contribution is 2.11. The van der Waals surface area contributed by atoms with Crippen LogP contribution in [0.2, 0.25) is 0 Å². The Balaban J connectivity index is 2.25. The Morgan fingerprint density at radius 2 is 1.81 bits per heavy atom. The van der Waals surface area contributed by atoms with E-state index >= 15 is 0 Å². The van der Waals surface area contributed by atoms with Crippen molar-refractivity contribution in [1.82, 2.24) is 10.2 Å². The Kier molecular flexibility index (Phi) is 6.42. The van der Waals surface area contributed by atoms with Gasteiger partial charge in [-0.25, -0.2) is 0 Å². The monoisotopic (exact) mass is 228 g/mol. The molecule has 1 atom stereocenters. The highest BCUT2D eigenvalue weighted by molar-refractivity contribution is 5.73. The van der Waals surface area contributed by atoms with E-state index in [1.165, 1.54) is 32.1 Å². The first-order chi connectivity index (χ1) is 7.74. The number of carbonyl (C=O) groups is 1. The van der Waals surface area contributed by atoms with E-state index in [0.717, 1.165) is 19.6 Å². The first kappa shape index (κ1) is 13.5. The van der Waals surface area contributed by atoms with Crippen LogP contribution >= 0.6 is 0 Å². The summed E-state index contributed by atoms with van der Waals surface area (Å²) in [7, 11) is 1.71. The summed E-state index contributed by atoms with van der Waals surface area (Å²) >= 11 is 0. The number of carboxylic acid groups (broad SMARTS) is 1. The van der Waals surface area contributed by atoms with E-state index in [2.05, 4.69) is 10.2 Å². The molecule has 1 rings (SSSR count). The molecule has 4 heteroatoms. The van der Waals surface area contributed by atoms with Crippen LogP contribution in [0.3, 0.4) is 0 Å². The quantitative estimate of drug-likeness (QED) is 0.745. The lowest BCUT2D eigenvalue weighted by molar-refractivity contribution is -0.139. The molecule has 1 unspecified atom stereocenters. The zero-order chi connectivity index (χ0) is 11.8. The fourth-order valence-electron chi connectivity index (χ4n) is 2.24. The smallest absolute Gasteiger partial charge is 0.320 e. The van der Waals surface area contributed by atoms with Crippen molar-refractivity contribution >= 4 is 5.97 Å². The van der Waals surface area contributed by atoms with Gasteiger partial charge >= 0.3 is 5.97 Å². The molecule has 0 bridgehead atoms. The van der Waals surface area contributed by atoms with Gasteiger partial charge in [0.05, 0.1) is 0 Å². The third-order valence-corrected chi connectivity index (χ3v) is 3.33. The first-order valence-electron chi connectivity index (χ1n) is 6.36. The Morgan fingerprint density at radius 3 is 2.31 bits per heavy atom. The average Bonchev–Trinajstić information content (AvgIpc) is 2.20. The molecule has 0 radical (unpaired) electrons. The minimum atomic E-state index is -0.741. The van der Waals surface area contributed by atoms with Gasteiger partial charge in [0.25, 0.3) is 0 Å². The number of rotatable bonds is 5. The van der Waals surface area contributed by atoms with Crippen LogP contribution in [0.15, 0.2) is 0 Å². The molecule has 1 saturated heterocycles. The number of carboxylic acids is 1. The SMILES string of the molecule is CNC(CCN1CCCCCCC1)C(=O)O. The summed E-state index contributed by atoms with van der Waals surface area (Å²) in [6.07, 6.45) is 7.23. The lowest BCUT2D eigenvalue weighted by Gasteiger charge is -2.25. The maximum atomic E-state index is 10.8. The van der Waals surface area contributed by atoms with Crippen LogP contribution < -0.4 is 5.32 Å². The molecular formula is C12H24N2O2. The van der Waals surface area contributed by atoms with Crippen LogP contribution in [0, 0.1) is 0 Å². The molecule has 2 N–H and O–H groups in total. The molecule has 1 aliphatic heterocycles. The lowest BCUT2D eigenvalue weighted by Crippen LogP contribution is -2.38. The number of nitrogens with one attached hydrogen (secondary N) is 1. The second-order valence-electron chi connectivity index (χ2n) is 4.58. The van der Waals surface area contributed by atoms with Crippen LogP contribution in [0.25, 0.3) is 0 Å². The van der Waals surface area contributed by atoms with Crippen LogP contribution in [-0.2, 0) is 4.79 Å². The van der Waals surface area contributed by atoms with Gasteiger partial charge in [0.1, 0.15) is 6.04 Å². The minimum Gasteiger partial charge on any atom is -0.480 e. The number of nitrogens with zero attached hydrogens (tertiary/aromatic N) is 1. The topological polar surface area (TPSA) is 52.6 Å². The van der Waals surface area contributed by atoms with Gasteiger partial charge in [-0.05, 0) is 39.4 Å². The summed E-state index contributed by atoms with van der Waals surface area (Å²) in [5.41, 5.74) is 0. The molecule has 0 spiro atoms. The molecule has 0 aromatic rings. The summed E-state index contributed by atoms with van der Waals surface area (Å²) in [5, 5.41) is 11.8. The van der Waals surface area contributed by atoms with Crippen molar-refractivity contribution in [2.45, 2.75) is 44.6 Å². The highest BCUT2D eigenvalue weighted by atomic mass is 16.4. The van der Waals surface area contributed by atoms with E-state index in [1.54, 1.807) is 7.05 Å². The van der Waals surface area contributed by atoms with Gasteiger partial charge in [-0.2, -0.15) is 0 Å². The van der Waals surface area contributed by atoms with Crippen LogP contribution in [0.1, 0.15) is 38.5 Å². The summed E-state index contributed by atoms with van der Waals surface area (Å²) in [6.45, 7) is 3.17. The second-order valence-corrected chi connectivity index (χ2v) is 4.58. The van der Waals surface area contributed by atoms with Gasteiger partial charge in [0.2, 0.25) is 0 Å². The minimum absolute atomic E-state index is 0.398. The van der Waals surface area contributed by atoms with E-state index < -0.39 is 12.0 Å². The molecule has 0 saturated carbocycles. The number of hydrogen-bond acceptors (Lipinski definition) is 3. The molecule has 0 aromatic heterocycles. The van der Waals surface area contributed by atoms with Crippen molar-refractivity contribution in [2.75, 3.05) is 26.7 Å². The van der Waals surface area contributed by atoms with Gasteiger partial charge in [0, 0.05) is 6.54 Å². The van der Waals surface area contributed by atoms with E-state index in [4.69, 9.17) is 5.11 Å². The summed E-state index contributed by atoms with van der Waals surface area (Å²) in [4.78, 5) is 13.3. The van der Waals surface area contributed by atoms with Gasteiger partial charge in [-0.3, -0.25) is 4.79 Å². The third-order valence-electron chi connectivity index (χ3n) is 3.33. The standard InChI is InChI=1S/C12H24N2O2/c1-13-11(12(15)16)7-10-14-8-5-3-2-4-6-9-14/h11,13H,2-10H2,1H3,(H,15,16). The predicted octanol–water partition coefficient (Wildman–Crippen LogP) is 1.32. The van der Waals surface area contributed by atoms with E-state index in [-0.39, 0.29) is 0 Å². The Morgan fingerprint density at radius 1 is 1.25 bits per heavy atom. The predicted molar refractivity (Wildman–Crippen MR) is 64.6 cm³/mol. The van der Waals surface area contributed by atoms with Crippen LogP contribution in [0.5, 0.6) is 0 Å². The average molecular weight is 228 g/mol. The van der Waals surface area contributed by atoms with Gasteiger partial charge in [-0.15, -0.1) is 0 Å². The molecule has 94 valence electrons. The molecule has 4 nitrogen and oxygen atoms in total. The number of likely N-dealkylation sites (N-methyl/N-ethyl adjacent to an activating group) is 1. The normalized spacial score (nSPS) is 21.1. The molecule has 1 fully saturated rings. The maximum Gasteiger partial charge on any atom is 0.320 e. The van der Waals surface area contributed by atoms with Crippen molar-refractivity contribution < 1.29 is 9.90 Å². The van der Waals surface area contributed by atoms with Crippen molar-refractivity contribution in [3.8, 4) is 0 Å². The van der Waals surface area contributed by atoms with Crippen LogP contribution in [0.4, 0.5) is 0 Å². The Hall–Kier alpha value is -0.610. The maximum absolute atomic E-state index is 10.8. The molecular weight excluding hydrogens is 204 g/mol.